The number of ether oxygens (including phenoxy) is 1. The van der Waals surface area contributed by atoms with Crippen LogP contribution in [-0.4, -0.2) is 72.1 Å². The van der Waals surface area contributed by atoms with Crippen LogP contribution in [0, 0.1) is 17.3 Å². The Morgan fingerprint density at radius 2 is 1.57 bits per heavy atom. The van der Waals surface area contributed by atoms with Crippen LogP contribution in [0.1, 0.15) is 92.1 Å². The van der Waals surface area contributed by atoms with Gasteiger partial charge in [-0.2, -0.15) is 0 Å². The Hall–Kier alpha value is -3.52. The van der Waals surface area contributed by atoms with Gasteiger partial charge in [0.1, 0.15) is 11.9 Å². The number of amides is 2. The molecule has 5 rings (SSSR count). The van der Waals surface area contributed by atoms with Gasteiger partial charge in [-0.05, 0) is 49.6 Å². The molecule has 2 amide bonds. The van der Waals surface area contributed by atoms with Gasteiger partial charge >= 0.3 is 5.97 Å². The molecular formula is C38H54N4O4+2. The van der Waals surface area contributed by atoms with Crippen molar-refractivity contribution in [1.82, 2.24) is 9.47 Å². The van der Waals surface area contributed by atoms with Crippen LogP contribution in [0.25, 0.3) is 10.8 Å². The van der Waals surface area contributed by atoms with Crippen LogP contribution < -0.4 is 4.57 Å². The fraction of sp³-hybridized carbons (Fsp3) is 0.579. The smallest absolute Gasteiger partial charge is 0.309 e. The van der Waals surface area contributed by atoms with E-state index in [1.54, 1.807) is 0 Å². The number of aromatic nitrogens is 2. The van der Waals surface area contributed by atoms with E-state index in [1.807, 2.05) is 36.4 Å². The molecule has 0 aliphatic carbocycles. The van der Waals surface area contributed by atoms with Crippen LogP contribution in [0.4, 0.5) is 0 Å². The van der Waals surface area contributed by atoms with E-state index >= 15 is 0 Å². The lowest BCUT2D eigenvalue weighted by Gasteiger charge is -2.40. The van der Waals surface area contributed by atoms with Crippen molar-refractivity contribution in [3.63, 3.8) is 0 Å². The summed E-state index contributed by atoms with van der Waals surface area (Å²) in [7, 11) is 6.63. The lowest BCUT2D eigenvalue weighted by atomic mass is 9.88. The number of esters is 1. The van der Waals surface area contributed by atoms with Crippen molar-refractivity contribution in [3.8, 4) is 0 Å². The van der Waals surface area contributed by atoms with Gasteiger partial charge in [0.05, 0.1) is 53.3 Å². The van der Waals surface area contributed by atoms with Gasteiger partial charge < -0.3 is 9.22 Å². The van der Waals surface area contributed by atoms with Gasteiger partial charge in [0.2, 0.25) is 6.33 Å². The summed E-state index contributed by atoms with van der Waals surface area (Å²) in [5.74, 6) is -0.0767. The Labute approximate surface area is 274 Å². The molecule has 2 aromatic carbocycles. The molecular weight excluding hydrogens is 576 g/mol. The van der Waals surface area contributed by atoms with Crippen molar-refractivity contribution in [2.45, 2.75) is 78.7 Å². The van der Waals surface area contributed by atoms with Crippen molar-refractivity contribution in [2.24, 2.45) is 24.3 Å². The Morgan fingerprint density at radius 1 is 0.935 bits per heavy atom. The molecule has 3 heterocycles. The van der Waals surface area contributed by atoms with Crippen LogP contribution in [-0.2, 0) is 29.5 Å². The second-order valence-electron chi connectivity index (χ2n) is 15.2. The van der Waals surface area contributed by atoms with E-state index in [0.717, 1.165) is 47.7 Å². The molecule has 0 bridgehead atoms. The van der Waals surface area contributed by atoms with Crippen LogP contribution in [0.3, 0.4) is 0 Å². The molecule has 1 fully saturated rings. The van der Waals surface area contributed by atoms with E-state index in [0.29, 0.717) is 24.3 Å². The van der Waals surface area contributed by atoms with Crippen molar-refractivity contribution in [1.29, 1.82) is 0 Å². The molecule has 2 aliphatic rings. The van der Waals surface area contributed by atoms with Crippen molar-refractivity contribution < 1.29 is 28.2 Å². The largest absolute Gasteiger partial charge is 0.465 e. The van der Waals surface area contributed by atoms with Crippen molar-refractivity contribution in [2.75, 3.05) is 40.3 Å². The maximum atomic E-state index is 13.5. The van der Waals surface area contributed by atoms with E-state index in [9.17, 15) is 14.4 Å². The molecule has 248 valence electrons. The number of imide groups is 1. The molecule has 1 aromatic heterocycles. The number of carbonyl (C=O) groups is 3. The second-order valence-corrected chi connectivity index (χ2v) is 15.2. The molecule has 0 radical (unpaired) electrons. The summed E-state index contributed by atoms with van der Waals surface area (Å²) in [6, 6.07) is 11.4. The molecule has 0 saturated carbocycles. The van der Waals surface area contributed by atoms with Gasteiger partial charge in [-0.25, -0.2) is 9.13 Å². The molecule has 3 aromatic rings. The molecule has 46 heavy (non-hydrogen) atoms. The fourth-order valence-electron chi connectivity index (χ4n) is 7.99. The highest BCUT2D eigenvalue weighted by atomic mass is 16.5. The lowest BCUT2D eigenvalue weighted by Crippen LogP contribution is -2.52. The van der Waals surface area contributed by atoms with Crippen LogP contribution in [0.5, 0.6) is 0 Å². The first-order chi connectivity index (χ1) is 21.9. The number of benzene rings is 2. The quantitative estimate of drug-likeness (QED) is 0.0645. The van der Waals surface area contributed by atoms with E-state index in [2.05, 4.69) is 63.6 Å². The minimum atomic E-state index is -0.218. The highest BCUT2D eigenvalue weighted by Gasteiger charge is 2.39. The first-order valence-electron chi connectivity index (χ1n) is 17.3. The zero-order valence-corrected chi connectivity index (χ0v) is 28.9. The topological polar surface area (TPSA) is 72.5 Å². The third-order valence-corrected chi connectivity index (χ3v) is 10.0. The normalized spacial score (nSPS) is 18.6. The second kappa shape index (κ2) is 14.1. The van der Waals surface area contributed by atoms with Gasteiger partial charge in [0.15, 0.2) is 0 Å². The van der Waals surface area contributed by atoms with Crippen LogP contribution in [0.15, 0.2) is 48.9 Å². The average Bonchev–Trinajstić information content (AvgIpc) is 3.54. The van der Waals surface area contributed by atoms with E-state index < -0.39 is 0 Å². The highest BCUT2D eigenvalue weighted by Crippen LogP contribution is 2.33. The Morgan fingerprint density at radius 3 is 2.22 bits per heavy atom. The third kappa shape index (κ3) is 7.71. The summed E-state index contributed by atoms with van der Waals surface area (Å²) in [4.78, 5) is 40.3. The zero-order chi connectivity index (χ0) is 33.1. The number of carbonyl (C=O) groups excluding carboxylic acids is 3. The maximum absolute atomic E-state index is 13.5. The summed E-state index contributed by atoms with van der Waals surface area (Å²) >= 11 is 0. The number of rotatable bonds is 16. The van der Waals surface area contributed by atoms with Gasteiger partial charge in [0, 0.05) is 40.8 Å². The Bertz CT molecular complexity index is 1520. The summed E-state index contributed by atoms with van der Waals surface area (Å²) in [5.41, 5.74) is 2.30. The van der Waals surface area contributed by atoms with E-state index in [1.165, 1.54) is 49.1 Å². The predicted molar refractivity (Wildman–Crippen MR) is 180 cm³/mol. The first kappa shape index (κ1) is 33.8. The fourth-order valence-corrected chi connectivity index (χ4v) is 7.99. The maximum Gasteiger partial charge on any atom is 0.309 e. The molecule has 8 heteroatoms. The average molecular weight is 631 g/mol. The van der Waals surface area contributed by atoms with Crippen molar-refractivity contribution in [3.05, 3.63) is 65.7 Å². The number of quaternary nitrogens is 1. The van der Waals surface area contributed by atoms with Crippen LogP contribution >= 0.6 is 0 Å². The highest BCUT2D eigenvalue weighted by molar-refractivity contribution is 6.25. The van der Waals surface area contributed by atoms with Gasteiger partial charge in [-0.15, -0.1) is 0 Å². The molecule has 2 aliphatic heterocycles. The molecule has 0 unspecified atom stereocenters. The van der Waals surface area contributed by atoms with Gasteiger partial charge in [0.25, 0.3) is 11.8 Å². The first-order valence-corrected chi connectivity index (χ1v) is 17.3. The van der Waals surface area contributed by atoms with Gasteiger partial charge in [-0.1, -0.05) is 57.9 Å². The van der Waals surface area contributed by atoms with Crippen molar-refractivity contribution >= 4 is 28.6 Å². The van der Waals surface area contributed by atoms with Gasteiger partial charge in [-0.3, -0.25) is 19.3 Å². The molecule has 0 spiro atoms. The molecule has 2 atom stereocenters. The predicted octanol–water partition coefficient (Wildman–Crippen LogP) is 5.95. The summed E-state index contributed by atoms with van der Waals surface area (Å²) < 4.78 is 10.7. The third-order valence-electron chi connectivity index (χ3n) is 10.0. The lowest BCUT2D eigenvalue weighted by molar-refractivity contribution is -0.896. The number of unbranched alkanes of at least 4 members (excludes halogenated alkanes) is 5. The number of aryl methyl sites for hydroxylation is 2. The Balaban J connectivity index is 1.01. The molecule has 0 N–H and O–H groups in total. The molecule has 1 saturated heterocycles. The standard InChI is InChI=1S/C38H54N4O4/c1-7-31-29(24-46-37(31)45)22-30-23-40(27-39(30)4)20-12-10-8-9-11-13-21-42(5,6)26-38(2,3)25-41-35(43)32-18-14-16-28-17-15-19-33(34(28)32)36(41)44/h14-19,23,27,29,31H,7-13,20-22,24-26H2,1-6H3/q+2/t29-,31-/m0/s1. The minimum absolute atomic E-state index is 0.0325. The molecule has 8 nitrogen and oxygen atoms in total. The number of nitrogens with zero attached hydrogens (tertiary/aromatic N) is 4. The number of cyclic esters (lactones) is 1. The SMILES string of the molecule is CC[C@@H]1C(=O)OC[C@@H]1Cc1c[n+](CCCCCCCC[N+](C)(C)CC(C)(C)CN2C(=O)c3cccc4cccc(c34)C2=O)cn1C. The number of imidazole rings is 1. The van der Waals surface area contributed by atoms with E-state index in [4.69, 9.17) is 4.74 Å². The number of hydrogen-bond donors (Lipinski definition) is 0. The summed E-state index contributed by atoms with van der Waals surface area (Å²) in [6.45, 7) is 10.4. The Kier molecular flexibility index (Phi) is 10.4. The zero-order valence-electron chi connectivity index (χ0n) is 28.9. The number of hydrogen-bond acceptors (Lipinski definition) is 4. The monoisotopic (exact) mass is 630 g/mol. The minimum Gasteiger partial charge on any atom is -0.465 e. The van der Waals surface area contributed by atoms with Crippen LogP contribution in [0.2, 0.25) is 0 Å². The summed E-state index contributed by atoms with van der Waals surface area (Å²) in [5, 5.41) is 1.72. The summed E-state index contributed by atoms with van der Waals surface area (Å²) in [6.07, 6.45) is 13.4. The van der Waals surface area contributed by atoms with E-state index in [-0.39, 0.29) is 35.0 Å².